The molecule has 0 aliphatic rings. The number of aryl methyl sites for hydroxylation is 1. The van der Waals surface area contributed by atoms with Crippen LogP contribution in [0, 0.1) is 11.8 Å². The first-order valence-electron chi connectivity index (χ1n) is 27.0. The minimum absolute atomic E-state index is 0.0136. The standard InChI is InChI=1S/C56H77Cl2N13O9/c1-8-80-56(79)47(24-33(2)3)69-54(77)46(27-40-30-60-32-63-40)67-50(73)35(6)65-55(78)49(34(4)5)70-51(74)36(7)64-52(75)44(25-38-28-61-43-14-10-9-13-42(38)43)68-53(76)45(26-39-29-59-31-62-39)66-48(72)15-11-12-37-16-18-41(19-17-37)71(22-20-57)23-21-58/h9-10,13-14,16-19,28-36,44-47,49,61H,8,11-12,15,20-27H2,1-7H3,(H,59,62)(H,60,63)(H,64,75)(H,65,78)(H,66,72)(H,67,73)(H,68,76)(H,69,77)(H,70,74)/t35-,36+,44+,45+,46+,47+,49+/m1/s1. The molecule has 5 aromatic rings. The van der Waals surface area contributed by atoms with E-state index in [2.05, 4.69) is 67.0 Å². The Balaban J connectivity index is 1.25. The number of H-pyrrole nitrogens is 3. The van der Waals surface area contributed by atoms with Gasteiger partial charge in [0.15, 0.2) is 0 Å². The van der Waals surface area contributed by atoms with Gasteiger partial charge in [-0.3, -0.25) is 33.6 Å². The van der Waals surface area contributed by atoms with Crippen LogP contribution >= 0.6 is 23.2 Å². The summed E-state index contributed by atoms with van der Waals surface area (Å²) in [6.07, 6.45) is 9.10. The van der Waals surface area contributed by atoms with Crippen LogP contribution in [0.5, 0.6) is 0 Å². The van der Waals surface area contributed by atoms with Crippen LogP contribution in [0.2, 0.25) is 0 Å². The lowest BCUT2D eigenvalue weighted by Gasteiger charge is -2.27. The number of esters is 1. The van der Waals surface area contributed by atoms with E-state index in [0.717, 1.165) is 22.2 Å². The van der Waals surface area contributed by atoms with Crippen molar-refractivity contribution in [2.75, 3.05) is 36.4 Å². The second kappa shape index (κ2) is 32.0. The SMILES string of the molecule is CCOC(=O)[C@H](CC(C)C)NC(=O)[C@H](Cc1cnc[nH]1)NC(=O)[C@@H](C)NC(=O)[C@@H](NC(=O)[C@H](C)NC(=O)[C@H](Cc1c[nH]c2ccccc12)NC(=O)[C@H](Cc1cnc[nH]1)NC(=O)CCCc1ccc(N(CCCl)CCCl)cc1)C(C)C. The topological polar surface area (TPSA) is 306 Å². The number of carbonyl (C=O) groups is 8. The van der Waals surface area contributed by atoms with Crippen molar-refractivity contribution in [3.63, 3.8) is 0 Å². The minimum Gasteiger partial charge on any atom is -0.464 e. The molecular formula is C56H77Cl2N13O9. The zero-order valence-corrected chi connectivity index (χ0v) is 48.0. The molecule has 24 heteroatoms. The Bertz CT molecular complexity index is 2780. The largest absolute Gasteiger partial charge is 0.464 e. The lowest BCUT2D eigenvalue weighted by molar-refractivity contribution is -0.148. The number of ether oxygens (including phenoxy) is 1. The van der Waals surface area contributed by atoms with E-state index < -0.39 is 89.6 Å². The molecule has 2 aromatic carbocycles. The van der Waals surface area contributed by atoms with Gasteiger partial charge in [0, 0.05) is 97.1 Å². The van der Waals surface area contributed by atoms with Gasteiger partial charge in [0.05, 0.1) is 19.3 Å². The Morgan fingerprint density at radius 3 is 1.71 bits per heavy atom. The fourth-order valence-electron chi connectivity index (χ4n) is 8.88. The number of amides is 7. The van der Waals surface area contributed by atoms with Gasteiger partial charge >= 0.3 is 5.97 Å². The molecule has 0 spiro atoms. The Morgan fingerprint density at radius 2 is 1.15 bits per heavy atom. The molecule has 10 N–H and O–H groups in total. The monoisotopic (exact) mass is 1150 g/mol. The fourth-order valence-corrected chi connectivity index (χ4v) is 9.29. The normalized spacial score (nSPS) is 13.9. The van der Waals surface area contributed by atoms with E-state index in [-0.39, 0.29) is 50.5 Å². The lowest BCUT2D eigenvalue weighted by atomic mass is 10.0. The van der Waals surface area contributed by atoms with E-state index in [1.807, 2.05) is 62.4 Å². The molecule has 22 nitrogen and oxygen atoms in total. The molecule has 0 fully saturated rings. The van der Waals surface area contributed by atoms with Gasteiger partial charge in [0.1, 0.15) is 42.3 Å². The number of aromatic nitrogens is 5. The highest BCUT2D eigenvalue weighted by molar-refractivity contribution is 6.18. The van der Waals surface area contributed by atoms with Crippen LogP contribution in [0.25, 0.3) is 10.9 Å². The van der Waals surface area contributed by atoms with E-state index >= 15 is 0 Å². The quantitative estimate of drug-likeness (QED) is 0.0213. The molecule has 434 valence electrons. The van der Waals surface area contributed by atoms with E-state index in [0.29, 0.717) is 54.6 Å². The summed E-state index contributed by atoms with van der Waals surface area (Å²) in [4.78, 5) is 129. The highest BCUT2D eigenvalue weighted by atomic mass is 35.5. The van der Waals surface area contributed by atoms with Crippen LogP contribution in [0.4, 0.5) is 5.69 Å². The number of rotatable bonds is 33. The van der Waals surface area contributed by atoms with Crippen molar-refractivity contribution in [2.45, 2.75) is 136 Å². The Kier molecular flexibility index (Phi) is 25.3. The number of para-hydroxylation sites is 1. The molecule has 0 saturated carbocycles. The highest BCUT2D eigenvalue weighted by Gasteiger charge is 2.34. The molecule has 7 amide bonds. The molecule has 5 rings (SSSR count). The molecule has 0 aliphatic heterocycles. The third-order valence-corrected chi connectivity index (χ3v) is 13.5. The first kappa shape index (κ1) is 63.4. The summed E-state index contributed by atoms with van der Waals surface area (Å²) in [5.74, 6) is -4.79. The zero-order valence-electron chi connectivity index (χ0n) is 46.5. The van der Waals surface area contributed by atoms with Crippen molar-refractivity contribution in [2.24, 2.45) is 11.8 Å². The maximum Gasteiger partial charge on any atom is 0.328 e. The van der Waals surface area contributed by atoms with E-state index in [9.17, 15) is 38.4 Å². The maximum atomic E-state index is 14.4. The second-order valence-electron chi connectivity index (χ2n) is 20.4. The molecule has 3 aromatic heterocycles. The summed E-state index contributed by atoms with van der Waals surface area (Å²) in [5.41, 5.74) is 4.59. The van der Waals surface area contributed by atoms with E-state index in [1.54, 1.807) is 27.0 Å². The molecule has 0 bridgehead atoms. The number of halogens is 2. The van der Waals surface area contributed by atoms with Gasteiger partial charge in [0.25, 0.3) is 0 Å². The van der Waals surface area contributed by atoms with Crippen LogP contribution in [0.1, 0.15) is 90.2 Å². The summed E-state index contributed by atoms with van der Waals surface area (Å²) in [5, 5.41) is 19.9. The maximum absolute atomic E-state index is 14.4. The third-order valence-electron chi connectivity index (χ3n) is 13.2. The number of anilines is 1. The van der Waals surface area contributed by atoms with Gasteiger partial charge in [-0.1, -0.05) is 58.0 Å². The summed E-state index contributed by atoms with van der Waals surface area (Å²) < 4.78 is 5.19. The number of fused-ring (bicyclic) bond motifs is 1. The second-order valence-corrected chi connectivity index (χ2v) is 21.1. The number of nitrogens with zero attached hydrogens (tertiary/aromatic N) is 3. The van der Waals surface area contributed by atoms with Crippen LogP contribution in [0.3, 0.4) is 0 Å². The van der Waals surface area contributed by atoms with Crippen LogP contribution in [0.15, 0.2) is 79.8 Å². The van der Waals surface area contributed by atoms with Gasteiger partial charge in [-0.15, -0.1) is 23.2 Å². The van der Waals surface area contributed by atoms with Gasteiger partial charge in [-0.2, -0.15) is 0 Å². The molecule has 0 saturated heterocycles. The van der Waals surface area contributed by atoms with Crippen molar-refractivity contribution in [1.82, 2.24) is 62.1 Å². The van der Waals surface area contributed by atoms with Crippen LogP contribution in [-0.2, 0) is 68.8 Å². The Hall–Kier alpha value is -7.46. The third kappa shape index (κ3) is 19.7. The number of carbonyl (C=O) groups excluding carboxylic acids is 8. The molecular weight excluding hydrogens is 1070 g/mol. The Labute approximate surface area is 476 Å². The number of alkyl halides is 2. The molecule has 0 radical (unpaired) electrons. The fraction of sp³-hybridized carbons (Fsp3) is 0.500. The summed E-state index contributed by atoms with van der Waals surface area (Å²) in [7, 11) is 0. The molecule has 80 heavy (non-hydrogen) atoms. The zero-order chi connectivity index (χ0) is 58.3. The first-order valence-corrected chi connectivity index (χ1v) is 28.1. The predicted octanol–water partition coefficient (Wildman–Crippen LogP) is 3.65. The first-order chi connectivity index (χ1) is 38.3. The smallest absolute Gasteiger partial charge is 0.328 e. The number of hydrogen-bond acceptors (Lipinski definition) is 12. The number of nitrogens with one attached hydrogen (secondary N) is 10. The lowest BCUT2D eigenvalue weighted by Crippen LogP contribution is -2.60. The highest BCUT2D eigenvalue weighted by Crippen LogP contribution is 2.21. The average Bonchev–Trinajstić information content (AvgIpc) is 4.24. The van der Waals surface area contributed by atoms with E-state index in [4.69, 9.17) is 27.9 Å². The van der Waals surface area contributed by atoms with Gasteiger partial charge in [-0.25, -0.2) is 14.8 Å². The summed E-state index contributed by atoms with van der Waals surface area (Å²) in [6, 6.07) is 7.19. The van der Waals surface area contributed by atoms with Crippen LogP contribution in [-0.4, -0.2) is 146 Å². The van der Waals surface area contributed by atoms with Crippen molar-refractivity contribution in [3.05, 3.63) is 102 Å². The minimum atomic E-state index is -1.26. The van der Waals surface area contributed by atoms with Gasteiger partial charge in [-0.05, 0) is 81.2 Å². The van der Waals surface area contributed by atoms with Crippen molar-refractivity contribution in [3.8, 4) is 0 Å². The molecule has 0 unspecified atom stereocenters. The summed E-state index contributed by atoms with van der Waals surface area (Å²) >= 11 is 12.0. The van der Waals surface area contributed by atoms with Gasteiger partial charge in [0.2, 0.25) is 41.4 Å². The van der Waals surface area contributed by atoms with Gasteiger partial charge < -0.3 is 61.8 Å². The molecule has 3 heterocycles. The number of imidazole rings is 2. The van der Waals surface area contributed by atoms with Crippen molar-refractivity contribution in [1.29, 1.82) is 0 Å². The number of benzene rings is 2. The molecule has 7 atom stereocenters. The van der Waals surface area contributed by atoms with Crippen molar-refractivity contribution < 1.29 is 43.1 Å². The Morgan fingerprint density at radius 1 is 0.613 bits per heavy atom. The predicted molar refractivity (Wildman–Crippen MR) is 305 cm³/mol. The summed E-state index contributed by atoms with van der Waals surface area (Å²) in [6.45, 7) is 13.1. The number of aromatic amines is 3. The van der Waals surface area contributed by atoms with Crippen LogP contribution < -0.4 is 42.1 Å². The van der Waals surface area contributed by atoms with Crippen molar-refractivity contribution >= 4 is 87.1 Å². The molecule has 0 aliphatic carbocycles. The average molecular weight is 1150 g/mol. The number of hydrogen-bond donors (Lipinski definition) is 10. The van der Waals surface area contributed by atoms with E-state index in [1.165, 1.54) is 38.9 Å².